The number of carbonyl (C=O) groups excluding carboxylic acids is 1. The quantitative estimate of drug-likeness (QED) is 0.789. The normalized spacial score (nSPS) is 10.7. The number of nitrogens with zero attached hydrogens (tertiary/aromatic N) is 1. The van der Waals surface area contributed by atoms with Gasteiger partial charge in [0.05, 0.1) is 22.1 Å². The first-order valence-electron chi connectivity index (χ1n) is 6.39. The molecule has 1 N–H and O–H groups in total. The number of benzene rings is 2. The second kappa shape index (κ2) is 5.43. The van der Waals surface area contributed by atoms with Crippen LogP contribution in [-0.4, -0.2) is 10.9 Å². The van der Waals surface area contributed by atoms with Crippen molar-refractivity contribution in [3.63, 3.8) is 0 Å². The molecular formula is C16H16N2OS. The molecule has 0 fully saturated rings. The van der Waals surface area contributed by atoms with Gasteiger partial charge in [-0.2, -0.15) is 0 Å². The molecule has 102 valence electrons. The minimum atomic E-state index is -0.000495. The van der Waals surface area contributed by atoms with Gasteiger partial charge in [0.25, 0.3) is 0 Å². The second-order valence-corrected chi connectivity index (χ2v) is 5.64. The monoisotopic (exact) mass is 284 g/mol. The number of amides is 1. The molecule has 0 saturated heterocycles. The predicted molar refractivity (Wildman–Crippen MR) is 85.2 cm³/mol. The van der Waals surface area contributed by atoms with E-state index < -0.39 is 0 Å². The minimum absolute atomic E-state index is 0. The highest BCUT2D eigenvalue weighted by Crippen LogP contribution is 2.21. The number of rotatable bonds is 3. The Balaban J connectivity index is 0.00000161. The van der Waals surface area contributed by atoms with Gasteiger partial charge in [0.15, 0.2) is 0 Å². The van der Waals surface area contributed by atoms with Crippen molar-refractivity contribution in [3.8, 4) is 0 Å². The summed E-state index contributed by atoms with van der Waals surface area (Å²) in [4.78, 5) is 16.3. The number of hydrogen-bond acceptors (Lipinski definition) is 3. The van der Waals surface area contributed by atoms with Crippen LogP contribution in [0.2, 0.25) is 0 Å². The van der Waals surface area contributed by atoms with Crippen molar-refractivity contribution in [2.24, 2.45) is 0 Å². The first kappa shape index (κ1) is 12.8. The van der Waals surface area contributed by atoms with Gasteiger partial charge in [-0.15, -0.1) is 11.3 Å². The summed E-state index contributed by atoms with van der Waals surface area (Å²) in [5.41, 5.74) is 5.79. The van der Waals surface area contributed by atoms with Crippen LogP contribution in [0.25, 0.3) is 10.2 Å². The van der Waals surface area contributed by atoms with Gasteiger partial charge >= 0.3 is 0 Å². The number of anilines is 1. The standard InChI is InChI=1S/C16H14N2OS.H2/c1-11-3-2-4-12(7-11)8-16(19)18-13-5-6-14-15(9-13)20-10-17-14;/h2-7,9-10H,8H2,1H3,(H,18,19);1H. The molecule has 2 aromatic carbocycles. The van der Waals surface area contributed by atoms with Gasteiger partial charge in [0.1, 0.15) is 0 Å². The Morgan fingerprint density at radius 1 is 1.30 bits per heavy atom. The van der Waals surface area contributed by atoms with E-state index in [1.807, 2.05) is 54.9 Å². The number of hydrogen-bond donors (Lipinski definition) is 1. The third-order valence-electron chi connectivity index (χ3n) is 3.06. The molecule has 0 spiro atoms. The Morgan fingerprint density at radius 2 is 2.20 bits per heavy atom. The van der Waals surface area contributed by atoms with Gasteiger partial charge in [0, 0.05) is 7.11 Å². The molecule has 3 nitrogen and oxygen atoms in total. The first-order chi connectivity index (χ1) is 9.70. The predicted octanol–water partition coefficient (Wildman–Crippen LogP) is 4.03. The number of fused-ring (bicyclic) bond motifs is 1. The molecule has 20 heavy (non-hydrogen) atoms. The average Bonchev–Trinajstić information content (AvgIpc) is 2.86. The lowest BCUT2D eigenvalue weighted by molar-refractivity contribution is -0.115. The first-order valence-corrected chi connectivity index (χ1v) is 7.27. The zero-order valence-corrected chi connectivity index (χ0v) is 11.9. The number of carbonyl (C=O) groups is 1. The van der Waals surface area contributed by atoms with Crippen molar-refractivity contribution < 1.29 is 6.22 Å². The van der Waals surface area contributed by atoms with E-state index in [1.165, 1.54) is 5.56 Å². The van der Waals surface area contributed by atoms with Gasteiger partial charge in [0.2, 0.25) is 5.91 Å². The maximum atomic E-state index is 12.0. The molecule has 0 saturated carbocycles. The zero-order valence-electron chi connectivity index (χ0n) is 11.1. The molecule has 3 aromatic rings. The van der Waals surface area contributed by atoms with Crippen LogP contribution in [0.4, 0.5) is 5.69 Å². The summed E-state index contributed by atoms with van der Waals surface area (Å²) < 4.78 is 1.08. The summed E-state index contributed by atoms with van der Waals surface area (Å²) in [6.07, 6.45) is 0.391. The Morgan fingerprint density at radius 3 is 3.05 bits per heavy atom. The molecule has 1 aromatic heterocycles. The van der Waals surface area contributed by atoms with Crippen LogP contribution < -0.4 is 5.32 Å². The number of aromatic nitrogens is 1. The third kappa shape index (κ3) is 2.86. The molecular weight excluding hydrogens is 268 g/mol. The summed E-state index contributed by atoms with van der Waals surface area (Å²) in [7, 11) is 0. The molecule has 0 radical (unpaired) electrons. The molecule has 0 aliphatic carbocycles. The van der Waals surface area contributed by atoms with Gasteiger partial charge in [-0.3, -0.25) is 4.79 Å². The van der Waals surface area contributed by atoms with Crippen molar-refractivity contribution in [2.45, 2.75) is 13.3 Å². The molecule has 0 unspecified atom stereocenters. The van der Waals surface area contributed by atoms with E-state index >= 15 is 0 Å². The maximum absolute atomic E-state index is 12.0. The second-order valence-electron chi connectivity index (χ2n) is 4.75. The van der Waals surface area contributed by atoms with Crippen molar-refractivity contribution in [1.29, 1.82) is 0 Å². The summed E-state index contributed by atoms with van der Waals surface area (Å²) in [5.74, 6) is -0.000495. The molecule has 1 amide bonds. The van der Waals surface area contributed by atoms with Crippen LogP contribution in [0.1, 0.15) is 12.6 Å². The van der Waals surface area contributed by atoms with E-state index in [1.54, 1.807) is 11.3 Å². The van der Waals surface area contributed by atoms with Crippen LogP contribution >= 0.6 is 11.3 Å². The Hall–Kier alpha value is -2.20. The van der Waals surface area contributed by atoms with Crippen molar-refractivity contribution in [2.75, 3.05) is 5.32 Å². The molecule has 1 heterocycles. The lowest BCUT2D eigenvalue weighted by Crippen LogP contribution is -2.14. The van der Waals surface area contributed by atoms with E-state index in [0.29, 0.717) is 6.42 Å². The average molecular weight is 284 g/mol. The van der Waals surface area contributed by atoms with Crippen LogP contribution in [0, 0.1) is 6.92 Å². The molecule has 4 heteroatoms. The molecule has 0 atom stereocenters. The number of thiazole rings is 1. The van der Waals surface area contributed by atoms with Crippen molar-refractivity contribution in [1.82, 2.24) is 4.98 Å². The van der Waals surface area contributed by atoms with E-state index in [9.17, 15) is 4.79 Å². The van der Waals surface area contributed by atoms with Gasteiger partial charge in [-0.1, -0.05) is 29.8 Å². The van der Waals surface area contributed by atoms with Crippen LogP contribution in [0.5, 0.6) is 0 Å². The van der Waals surface area contributed by atoms with Gasteiger partial charge in [-0.05, 0) is 30.7 Å². The fourth-order valence-corrected chi connectivity index (χ4v) is 2.86. The van der Waals surface area contributed by atoms with Gasteiger partial charge in [-0.25, -0.2) is 4.98 Å². The Labute approximate surface area is 122 Å². The summed E-state index contributed by atoms with van der Waals surface area (Å²) in [6, 6.07) is 13.8. The van der Waals surface area contributed by atoms with Crippen LogP contribution in [-0.2, 0) is 11.2 Å². The highest BCUT2D eigenvalue weighted by molar-refractivity contribution is 7.16. The fourth-order valence-electron chi connectivity index (χ4n) is 2.15. The van der Waals surface area contributed by atoms with Gasteiger partial charge < -0.3 is 5.32 Å². The lowest BCUT2D eigenvalue weighted by atomic mass is 10.1. The molecule has 0 aliphatic heterocycles. The van der Waals surface area contributed by atoms with Crippen LogP contribution in [0.3, 0.4) is 0 Å². The highest BCUT2D eigenvalue weighted by Gasteiger charge is 2.05. The summed E-state index contributed by atoms with van der Waals surface area (Å²) in [5, 5.41) is 2.93. The highest BCUT2D eigenvalue weighted by atomic mass is 32.1. The van der Waals surface area contributed by atoms with E-state index in [4.69, 9.17) is 0 Å². The van der Waals surface area contributed by atoms with Crippen molar-refractivity contribution in [3.05, 3.63) is 59.1 Å². The van der Waals surface area contributed by atoms with E-state index in [0.717, 1.165) is 21.5 Å². The third-order valence-corrected chi connectivity index (χ3v) is 3.85. The zero-order chi connectivity index (χ0) is 13.9. The molecule has 3 rings (SSSR count). The fraction of sp³-hybridized carbons (Fsp3) is 0.125. The van der Waals surface area contributed by atoms with Crippen molar-refractivity contribution >= 4 is 33.1 Å². The summed E-state index contributed by atoms with van der Waals surface area (Å²) >= 11 is 1.57. The molecule has 0 bridgehead atoms. The Bertz CT molecular complexity index is 770. The lowest BCUT2D eigenvalue weighted by Gasteiger charge is -2.06. The summed E-state index contributed by atoms with van der Waals surface area (Å²) in [6.45, 7) is 2.03. The topological polar surface area (TPSA) is 42.0 Å². The van der Waals surface area contributed by atoms with E-state index in [2.05, 4.69) is 10.3 Å². The van der Waals surface area contributed by atoms with Crippen LogP contribution in [0.15, 0.2) is 48.0 Å². The maximum Gasteiger partial charge on any atom is 0.228 e. The Kier molecular flexibility index (Phi) is 3.48. The largest absolute Gasteiger partial charge is 0.326 e. The number of nitrogens with one attached hydrogen (secondary N) is 1. The number of aryl methyl sites for hydroxylation is 1. The van der Waals surface area contributed by atoms with E-state index in [-0.39, 0.29) is 7.33 Å². The minimum Gasteiger partial charge on any atom is -0.326 e. The SMILES string of the molecule is Cc1cccc(CC(=O)Nc2ccc3ncsc3c2)c1.[HH]. The smallest absolute Gasteiger partial charge is 0.228 e. The molecule has 0 aliphatic rings.